The first-order valence-electron chi connectivity index (χ1n) is 6.18. The molecule has 0 unspecified atom stereocenters. The fourth-order valence-electron chi connectivity index (χ4n) is 1.60. The van der Waals surface area contributed by atoms with Gasteiger partial charge in [0.15, 0.2) is 16.7 Å². The second kappa shape index (κ2) is 7.33. The molecule has 0 bridgehead atoms. The number of methoxy groups -OCH3 is 1. The lowest BCUT2D eigenvalue weighted by molar-refractivity contribution is -0.116. The van der Waals surface area contributed by atoms with E-state index in [1.165, 1.54) is 18.0 Å². The molecule has 0 aromatic heterocycles. The van der Waals surface area contributed by atoms with Gasteiger partial charge in [0, 0.05) is 11.6 Å². The highest BCUT2D eigenvalue weighted by Crippen LogP contribution is 2.32. The highest BCUT2D eigenvalue weighted by Gasteiger charge is 2.16. The normalized spacial score (nSPS) is 16.5. The van der Waals surface area contributed by atoms with Crippen molar-refractivity contribution in [1.82, 2.24) is 5.32 Å². The SMILES string of the molecule is CCOc1cc(Cl)c(C=NN=C2NC(=O)CS2)cc1OC. The van der Waals surface area contributed by atoms with Gasteiger partial charge in [0.1, 0.15) is 0 Å². The molecule has 1 fully saturated rings. The first-order chi connectivity index (χ1) is 10.1. The second-order valence-corrected chi connectivity index (χ2v) is 5.32. The van der Waals surface area contributed by atoms with Crippen molar-refractivity contribution in [2.45, 2.75) is 6.92 Å². The predicted molar refractivity (Wildman–Crippen MR) is 84.8 cm³/mol. The first kappa shape index (κ1) is 15.7. The van der Waals surface area contributed by atoms with E-state index in [1.54, 1.807) is 19.2 Å². The van der Waals surface area contributed by atoms with Gasteiger partial charge >= 0.3 is 0 Å². The molecule has 1 aliphatic rings. The quantitative estimate of drug-likeness (QED) is 0.665. The zero-order chi connectivity index (χ0) is 15.2. The topological polar surface area (TPSA) is 72.3 Å². The van der Waals surface area contributed by atoms with Crippen LogP contribution in [0.3, 0.4) is 0 Å². The number of ether oxygens (including phenoxy) is 2. The number of thioether (sulfide) groups is 1. The summed E-state index contributed by atoms with van der Waals surface area (Å²) in [6.45, 7) is 2.40. The zero-order valence-electron chi connectivity index (χ0n) is 11.6. The van der Waals surface area contributed by atoms with Gasteiger partial charge in [-0.25, -0.2) is 0 Å². The molecule has 0 spiro atoms. The fraction of sp³-hybridized carbons (Fsp3) is 0.308. The maximum absolute atomic E-state index is 11.0. The Hall–Kier alpha value is -1.73. The summed E-state index contributed by atoms with van der Waals surface area (Å²) in [5.41, 5.74) is 0.649. The van der Waals surface area contributed by atoms with Crippen LogP contribution in [0, 0.1) is 0 Å². The van der Waals surface area contributed by atoms with E-state index in [9.17, 15) is 4.79 Å². The molecule has 1 heterocycles. The number of hydrogen-bond acceptors (Lipinski definition) is 6. The Kier molecular flexibility index (Phi) is 5.46. The third-order valence-electron chi connectivity index (χ3n) is 2.51. The van der Waals surface area contributed by atoms with Gasteiger partial charge in [-0.05, 0) is 13.0 Å². The molecule has 1 saturated heterocycles. The summed E-state index contributed by atoms with van der Waals surface area (Å²) >= 11 is 7.47. The molecule has 0 saturated carbocycles. The molecule has 1 amide bonds. The minimum absolute atomic E-state index is 0.0743. The van der Waals surface area contributed by atoms with Gasteiger partial charge in [-0.2, -0.15) is 5.10 Å². The standard InChI is InChI=1S/C13H14ClN3O3S/c1-3-20-11-5-9(14)8(4-10(11)19-2)6-15-17-13-16-12(18)7-21-13/h4-6H,3,7H2,1-2H3,(H,16,17,18). The number of rotatable bonds is 5. The zero-order valence-corrected chi connectivity index (χ0v) is 13.1. The monoisotopic (exact) mass is 327 g/mol. The van der Waals surface area contributed by atoms with Gasteiger partial charge in [0.05, 0.1) is 30.7 Å². The van der Waals surface area contributed by atoms with Crippen LogP contribution in [0.2, 0.25) is 5.02 Å². The summed E-state index contributed by atoms with van der Waals surface area (Å²) in [5.74, 6) is 1.44. The smallest absolute Gasteiger partial charge is 0.236 e. The van der Waals surface area contributed by atoms with Crippen LogP contribution >= 0.6 is 23.4 Å². The summed E-state index contributed by atoms with van der Waals surface area (Å²) in [5, 5.41) is 11.4. The summed E-state index contributed by atoms with van der Waals surface area (Å²) in [6.07, 6.45) is 1.50. The Morgan fingerprint density at radius 2 is 2.29 bits per heavy atom. The molecular formula is C13H14ClN3O3S. The van der Waals surface area contributed by atoms with Crippen molar-refractivity contribution in [2.75, 3.05) is 19.5 Å². The van der Waals surface area contributed by atoms with Gasteiger partial charge in [-0.15, -0.1) is 5.10 Å². The van der Waals surface area contributed by atoms with Crippen LogP contribution in [0.15, 0.2) is 22.3 Å². The van der Waals surface area contributed by atoms with Crippen LogP contribution in [0.1, 0.15) is 12.5 Å². The number of benzene rings is 1. The lowest BCUT2D eigenvalue weighted by Crippen LogP contribution is -2.19. The van der Waals surface area contributed by atoms with Crippen molar-refractivity contribution in [1.29, 1.82) is 0 Å². The average molecular weight is 328 g/mol. The Labute approximate surface area is 131 Å². The van der Waals surface area contributed by atoms with E-state index in [0.29, 0.717) is 39.6 Å². The molecule has 1 N–H and O–H groups in total. The van der Waals surface area contributed by atoms with Crippen molar-refractivity contribution in [3.8, 4) is 11.5 Å². The Balaban J connectivity index is 2.18. The molecule has 0 aliphatic carbocycles. The van der Waals surface area contributed by atoms with Crippen molar-refractivity contribution < 1.29 is 14.3 Å². The number of nitrogens with one attached hydrogen (secondary N) is 1. The minimum Gasteiger partial charge on any atom is -0.493 e. The van der Waals surface area contributed by atoms with E-state index in [0.717, 1.165) is 0 Å². The summed E-state index contributed by atoms with van der Waals surface area (Å²) in [7, 11) is 1.55. The molecule has 1 aromatic rings. The number of hydrogen-bond donors (Lipinski definition) is 1. The summed E-state index contributed by atoms with van der Waals surface area (Å²) < 4.78 is 10.7. The van der Waals surface area contributed by atoms with Crippen LogP contribution < -0.4 is 14.8 Å². The maximum Gasteiger partial charge on any atom is 0.236 e. The molecule has 8 heteroatoms. The second-order valence-electron chi connectivity index (χ2n) is 3.94. The summed E-state index contributed by atoms with van der Waals surface area (Å²) in [6, 6.07) is 3.39. The third-order valence-corrected chi connectivity index (χ3v) is 3.71. The predicted octanol–water partition coefficient (Wildman–Crippen LogP) is 2.30. The third kappa shape index (κ3) is 4.12. The number of carbonyl (C=O) groups is 1. The van der Waals surface area contributed by atoms with Crippen LogP contribution in [0.25, 0.3) is 0 Å². The lowest BCUT2D eigenvalue weighted by atomic mass is 10.2. The lowest BCUT2D eigenvalue weighted by Gasteiger charge is -2.10. The number of nitrogens with zero attached hydrogens (tertiary/aromatic N) is 2. The van der Waals surface area contributed by atoms with Crippen LogP contribution in [0.5, 0.6) is 11.5 Å². The molecule has 0 atom stereocenters. The van der Waals surface area contributed by atoms with Crippen molar-refractivity contribution in [3.63, 3.8) is 0 Å². The van der Waals surface area contributed by atoms with E-state index < -0.39 is 0 Å². The van der Waals surface area contributed by atoms with Gasteiger partial charge in [-0.1, -0.05) is 23.4 Å². The maximum atomic E-state index is 11.0. The van der Waals surface area contributed by atoms with E-state index in [-0.39, 0.29) is 5.91 Å². The highest BCUT2D eigenvalue weighted by molar-refractivity contribution is 8.15. The molecule has 21 heavy (non-hydrogen) atoms. The molecule has 2 rings (SSSR count). The molecular weight excluding hydrogens is 314 g/mol. The minimum atomic E-state index is -0.0743. The number of carbonyl (C=O) groups excluding carboxylic acids is 1. The van der Waals surface area contributed by atoms with Crippen molar-refractivity contribution in [2.24, 2.45) is 10.2 Å². The molecule has 6 nitrogen and oxygen atoms in total. The van der Waals surface area contributed by atoms with E-state index >= 15 is 0 Å². The number of amides is 1. The molecule has 0 radical (unpaired) electrons. The fourth-order valence-corrected chi connectivity index (χ4v) is 2.43. The van der Waals surface area contributed by atoms with Gasteiger partial charge in [0.25, 0.3) is 0 Å². The van der Waals surface area contributed by atoms with E-state index in [1.807, 2.05) is 6.92 Å². The highest BCUT2D eigenvalue weighted by atomic mass is 35.5. The van der Waals surface area contributed by atoms with Gasteiger partial charge in [0.2, 0.25) is 5.91 Å². The first-order valence-corrected chi connectivity index (χ1v) is 7.54. The van der Waals surface area contributed by atoms with Crippen molar-refractivity contribution >= 4 is 40.7 Å². The van der Waals surface area contributed by atoms with Crippen LogP contribution in [0.4, 0.5) is 0 Å². The Morgan fingerprint density at radius 1 is 1.48 bits per heavy atom. The largest absolute Gasteiger partial charge is 0.493 e. The molecule has 1 aromatic carbocycles. The Bertz CT molecular complexity index is 605. The molecule has 1 aliphatic heterocycles. The Morgan fingerprint density at radius 3 is 2.90 bits per heavy atom. The van der Waals surface area contributed by atoms with E-state index in [2.05, 4.69) is 15.5 Å². The number of halogens is 1. The summed E-state index contributed by atoms with van der Waals surface area (Å²) in [4.78, 5) is 11.0. The molecule has 112 valence electrons. The van der Waals surface area contributed by atoms with E-state index in [4.69, 9.17) is 21.1 Å². The van der Waals surface area contributed by atoms with Crippen LogP contribution in [-0.2, 0) is 4.79 Å². The van der Waals surface area contributed by atoms with Gasteiger partial charge in [-0.3, -0.25) is 4.79 Å². The average Bonchev–Trinajstić information content (AvgIpc) is 2.87. The number of amidine groups is 1. The van der Waals surface area contributed by atoms with Crippen LogP contribution in [-0.4, -0.2) is 36.8 Å². The van der Waals surface area contributed by atoms with Crippen molar-refractivity contribution in [3.05, 3.63) is 22.7 Å². The van der Waals surface area contributed by atoms with Gasteiger partial charge < -0.3 is 14.8 Å².